The average molecular weight is 175 g/mol. The van der Waals surface area contributed by atoms with Crippen molar-refractivity contribution in [2.75, 3.05) is 11.5 Å². The molecule has 0 bridgehead atoms. The van der Waals surface area contributed by atoms with Gasteiger partial charge in [0.25, 0.3) is 0 Å². The van der Waals surface area contributed by atoms with Crippen molar-refractivity contribution >= 4 is 11.8 Å². The van der Waals surface area contributed by atoms with Crippen LogP contribution in [0.1, 0.15) is 26.7 Å². The van der Waals surface area contributed by atoms with E-state index >= 15 is 0 Å². The van der Waals surface area contributed by atoms with E-state index in [2.05, 4.69) is 13.8 Å². The molecule has 0 aliphatic carbocycles. The van der Waals surface area contributed by atoms with Gasteiger partial charge < -0.3 is 0 Å². The molecule has 1 heterocycles. The van der Waals surface area contributed by atoms with Crippen molar-refractivity contribution in [3.63, 3.8) is 0 Å². The summed E-state index contributed by atoms with van der Waals surface area (Å²) in [5, 5.41) is 0. The van der Waals surface area contributed by atoms with Crippen LogP contribution in [-0.2, 0) is 4.84 Å². The lowest BCUT2D eigenvalue weighted by Crippen LogP contribution is -2.38. The zero-order valence-electron chi connectivity index (χ0n) is 7.30. The Morgan fingerprint density at radius 2 is 1.91 bits per heavy atom. The molecule has 1 rings (SSSR count). The number of hydrogen-bond donors (Lipinski definition) is 1. The first-order valence-electron chi connectivity index (χ1n) is 4.12. The summed E-state index contributed by atoms with van der Waals surface area (Å²) in [6.07, 6.45) is 2.49. The summed E-state index contributed by atoms with van der Waals surface area (Å²) in [5.41, 5.74) is -0.124. The van der Waals surface area contributed by atoms with Gasteiger partial charge in [0.2, 0.25) is 0 Å². The molecule has 0 radical (unpaired) electrons. The highest BCUT2D eigenvalue weighted by Crippen LogP contribution is 2.32. The van der Waals surface area contributed by atoms with Gasteiger partial charge in [-0.3, -0.25) is 4.84 Å². The van der Waals surface area contributed by atoms with Crippen molar-refractivity contribution in [1.82, 2.24) is 0 Å². The van der Waals surface area contributed by atoms with E-state index in [4.69, 9.17) is 10.7 Å². The Kier molecular flexibility index (Phi) is 3.22. The lowest BCUT2D eigenvalue weighted by molar-refractivity contribution is -0.0649. The van der Waals surface area contributed by atoms with Crippen LogP contribution in [-0.4, -0.2) is 17.1 Å². The first-order valence-corrected chi connectivity index (χ1v) is 5.28. The predicted molar refractivity (Wildman–Crippen MR) is 49.4 cm³/mol. The average Bonchev–Trinajstić information content (AvgIpc) is 2.06. The summed E-state index contributed by atoms with van der Waals surface area (Å²) in [6, 6.07) is 0. The fourth-order valence-corrected chi connectivity index (χ4v) is 2.60. The molecule has 0 spiro atoms. The van der Waals surface area contributed by atoms with Crippen LogP contribution in [0.5, 0.6) is 0 Å². The third kappa shape index (κ3) is 2.36. The lowest BCUT2D eigenvalue weighted by Gasteiger charge is -2.34. The largest absolute Gasteiger partial charge is 0.298 e. The summed E-state index contributed by atoms with van der Waals surface area (Å²) < 4.78 is 0. The molecule has 1 aliphatic heterocycles. The van der Waals surface area contributed by atoms with E-state index in [-0.39, 0.29) is 5.60 Å². The Balaban J connectivity index is 2.43. The maximum atomic E-state index is 5.23. The highest BCUT2D eigenvalue weighted by atomic mass is 32.2. The van der Waals surface area contributed by atoms with Gasteiger partial charge in [0.15, 0.2) is 0 Å². The molecule has 0 amide bonds. The van der Waals surface area contributed by atoms with Gasteiger partial charge in [0, 0.05) is 0 Å². The topological polar surface area (TPSA) is 35.2 Å². The Labute approximate surface area is 72.8 Å². The summed E-state index contributed by atoms with van der Waals surface area (Å²) in [5.74, 6) is 8.40. The molecule has 0 atom stereocenters. The third-order valence-corrected chi connectivity index (χ3v) is 3.56. The maximum absolute atomic E-state index is 5.23. The Morgan fingerprint density at radius 1 is 1.36 bits per heavy atom. The Hall–Kier alpha value is 0.270. The quantitative estimate of drug-likeness (QED) is 0.650. The van der Waals surface area contributed by atoms with Gasteiger partial charge in [-0.15, -0.1) is 0 Å². The molecule has 0 aromatic carbocycles. The molecular weight excluding hydrogens is 158 g/mol. The van der Waals surface area contributed by atoms with Gasteiger partial charge in [0.05, 0.1) is 5.60 Å². The first kappa shape index (κ1) is 9.36. The van der Waals surface area contributed by atoms with Crippen molar-refractivity contribution in [3.8, 4) is 0 Å². The van der Waals surface area contributed by atoms with Crippen LogP contribution in [0.3, 0.4) is 0 Å². The molecule has 3 heteroatoms. The molecule has 0 aromatic rings. The van der Waals surface area contributed by atoms with Crippen LogP contribution in [0.4, 0.5) is 0 Å². The van der Waals surface area contributed by atoms with Gasteiger partial charge in [-0.2, -0.15) is 11.8 Å². The summed E-state index contributed by atoms with van der Waals surface area (Å²) in [6.45, 7) is 4.15. The zero-order chi connectivity index (χ0) is 8.32. The standard InChI is InChI=1S/C8H17NOS/c1-8(2,10-9)7-3-5-11-6-4-7/h7H,3-6,9H2,1-2H3. The minimum absolute atomic E-state index is 0.124. The predicted octanol–water partition coefficient (Wildman–Crippen LogP) is 1.80. The van der Waals surface area contributed by atoms with Gasteiger partial charge in [-0.05, 0) is 44.1 Å². The molecule has 11 heavy (non-hydrogen) atoms. The number of rotatable bonds is 2. The summed E-state index contributed by atoms with van der Waals surface area (Å²) in [7, 11) is 0. The van der Waals surface area contributed by atoms with Crippen LogP contribution in [0.25, 0.3) is 0 Å². The highest BCUT2D eigenvalue weighted by Gasteiger charge is 2.31. The van der Waals surface area contributed by atoms with E-state index in [1.807, 2.05) is 11.8 Å². The van der Waals surface area contributed by atoms with Gasteiger partial charge in [-0.25, -0.2) is 5.90 Å². The van der Waals surface area contributed by atoms with Crippen molar-refractivity contribution in [1.29, 1.82) is 0 Å². The minimum atomic E-state index is -0.124. The molecule has 66 valence electrons. The van der Waals surface area contributed by atoms with Gasteiger partial charge >= 0.3 is 0 Å². The molecule has 0 saturated carbocycles. The minimum Gasteiger partial charge on any atom is -0.298 e. The lowest BCUT2D eigenvalue weighted by atomic mass is 9.86. The monoisotopic (exact) mass is 175 g/mol. The Morgan fingerprint density at radius 3 is 2.36 bits per heavy atom. The molecule has 1 saturated heterocycles. The van der Waals surface area contributed by atoms with E-state index in [1.54, 1.807) is 0 Å². The van der Waals surface area contributed by atoms with E-state index in [0.29, 0.717) is 5.92 Å². The second-order valence-electron chi connectivity index (χ2n) is 3.61. The molecule has 0 unspecified atom stereocenters. The summed E-state index contributed by atoms with van der Waals surface area (Å²) >= 11 is 2.03. The van der Waals surface area contributed by atoms with Crippen LogP contribution >= 0.6 is 11.8 Å². The van der Waals surface area contributed by atoms with Crippen molar-refractivity contribution in [3.05, 3.63) is 0 Å². The SMILES string of the molecule is CC(C)(ON)C1CCSCC1. The van der Waals surface area contributed by atoms with Crippen LogP contribution in [0.2, 0.25) is 0 Å². The van der Waals surface area contributed by atoms with Crippen molar-refractivity contribution < 1.29 is 4.84 Å². The van der Waals surface area contributed by atoms with Crippen LogP contribution < -0.4 is 5.90 Å². The number of thioether (sulfide) groups is 1. The fourth-order valence-electron chi connectivity index (χ4n) is 1.49. The molecule has 1 aliphatic rings. The summed E-state index contributed by atoms with van der Waals surface area (Å²) in [4.78, 5) is 4.97. The fraction of sp³-hybridized carbons (Fsp3) is 1.00. The molecular formula is C8H17NOS. The van der Waals surface area contributed by atoms with Crippen molar-refractivity contribution in [2.45, 2.75) is 32.3 Å². The number of nitrogens with two attached hydrogens (primary N) is 1. The zero-order valence-corrected chi connectivity index (χ0v) is 8.12. The van der Waals surface area contributed by atoms with E-state index in [0.717, 1.165) is 0 Å². The smallest absolute Gasteiger partial charge is 0.0866 e. The van der Waals surface area contributed by atoms with E-state index in [1.165, 1.54) is 24.3 Å². The highest BCUT2D eigenvalue weighted by molar-refractivity contribution is 7.99. The van der Waals surface area contributed by atoms with E-state index in [9.17, 15) is 0 Å². The van der Waals surface area contributed by atoms with Gasteiger partial charge in [0.1, 0.15) is 0 Å². The maximum Gasteiger partial charge on any atom is 0.0866 e. The van der Waals surface area contributed by atoms with Crippen molar-refractivity contribution in [2.24, 2.45) is 11.8 Å². The van der Waals surface area contributed by atoms with Crippen LogP contribution in [0.15, 0.2) is 0 Å². The molecule has 1 fully saturated rings. The number of hydrogen-bond acceptors (Lipinski definition) is 3. The second-order valence-corrected chi connectivity index (χ2v) is 4.83. The third-order valence-electron chi connectivity index (χ3n) is 2.51. The first-order chi connectivity index (χ1) is 5.17. The van der Waals surface area contributed by atoms with Gasteiger partial charge in [-0.1, -0.05) is 0 Å². The normalized spacial score (nSPS) is 22.1. The van der Waals surface area contributed by atoms with E-state index < -0.39 is 0 Å². The molecule has 2 N–H and O–H groups in total. The Bertz CT molecular complexity index is 121. The second kappa shape index (κ2) is 3.78. The molecule has 0 aromatic heterocycles. The molecule has 2 nitrogen and oxygen atoms in total. The van der Waals surface area contributed by atoms with Crippen LogP contribution in [0, 0.1) is 5.92 Å².